The lowest BCUT2D eigenvalue weighted by atomic mass is 10.1. The predicted octanol–water partition coefficient (Wildman–Crippen LogP) is 4.82. The first-order valence-corrected chi connectivity index (χ1v) is 9.25. The van der Waals surface area contributed by atoms with Gasteiger partial charge in [-0.3, -0.25) is 4.90 Å². The molecule has 0 unspecified atom stereocenters. The molecule has 0 saturated carbocycles. The van der Waals surface area contributed by atoms with Crippen LogP contribution in [0.4, 0.5) is 0 Å². The molecule has 1 aliphatic rings. The van der Waals surface area contributed by atoms with Gasteiger partial charge < -0.3 is 4.74 Å². The van der Waals surface area contributed by atoms with Gasteiger partial charge in [-0.2, -0.15) is 0 Å². The van der Waals surface area contributed by atoms with Gasteiger partial charge in [0, 0.05) is 29.4 Å². The van der Waals surface area contributed by atoms with E-state index in [1.165, 1.54) is 26.1 Å². The fraction of sp³-hybridized carbons (Fsp3) is 0.238. The number of ether oxygens (including phenoxy) is 1. The summed E-state index contributed by atoms with van der Waals surface area (Å²) in [7, 11) is 0. The van der Waals surface area contributed by atoms with Crippen molar-refractivity contribution < 1.29 is 4.74 Å². The van der Waals surface area contributed by atoms with Crippen LogP contribution >= 0.6 is 11.8 Å². The van der Waals surface area contributed by atoms with E-state index in [0.717, 1.165) is 32.8 Å². The minimum absolute atomic E-state index is 0.846. The molecule has 0 atom stereocenters. The highest BCUT2D eigenvalue weighted by atomic mass is 32.2. The molecule has 1 saturated heterocycles. The smallest absolute Gasteiger partial charge is 0.0594 e. The van der Waals surface area contributed by atoms with E-state index in [4.69, 9.17) is 4.74 Å². The Morgan fingerprint density at radius 2 is 1.50 bits per heavy atom. The van der Waals surface area contributed by atoms with Crippen molar-refractivity contribution in [3.8, 4) is 0 Å². The van der Waals surface area contributed by atoms with Crippen LogP contribution in [-0.4, -0.2) is 31.2 Å². The van der Waals surface area contributed by atoms with E-state index in [-0.39, 0.29) is 0 Å². The third kappa shape index (κ3) is 3.48. The molecular formula is C21H21NOS. The van der Waals surface area contributed by atoms with Gasteiger partial charge in [0.1, 0.15) is 0 Å². The molecule has 122 valence electrons. The molecule has 3 heteroatoms. The van der Waals surface area contributed by atoms with E-state index in [1.54, 1.807) is 0 Å². The standard InChI is InChI=1S/C21H21NOS/c1-3-9-19-17(6-1)8-5-11-21(19)24-20-10-4-2-7-18(20)16-22-12-14-23-15-13-22/h1-11H,12-16H2. The van der Waals surface area contributed by atoms with Crippen LogP contribution in [0, 0.1) is 0 Å². The predicted molar refractivity (Wildman–Crippen MR) is 101 cm³/mol. The van der Waals surface area contributed by atoms with Gasteiger partial charge in [-0.1, -0.05) is 66.4 Å². The highest BCUT2D eigenvalue weighted by molar-refractivity contribution is 7.99. The Labute approximate surface area is 147 Å². The Kier molecular flexibility index (Phi) is 4.83. The van der Waals surface area contributed by atoms with E-state index in [9.17, 15) is 0 Å². The van der Waals surface area contributed by atoms with Crippen molar-refractivity contribution >= 4 is 22.5 Å². The Hall–Kier alpha value is -1.81. The van der Waals surface area contributed by atoms with Crippen LogP contribution in [0.1, 0.15) is 5.56 Å². The minimum atomic E-state index is 0.846. The molecule has 0 radical (unpaired) electrons. The first-order valence-electron chi connectivity index (χ1n) is 8.44. The molecule has 24 heavy (non-hydrogen) atoms. The van der Waals surface area contributed by atoms with Crippen molar-refractivity contribution in [3.05, 3.63) is 72.3 Å². The maximum absolute atomic E-state index is 5.46. The van der Waals surface area contributed by atoms with Crippen LogP contribution in [0.3, 0.4) is 0 Å². The van der Waals surface area contributed by atoms with Gasteiger partial charge in [-0.05, 0) is 28.5 Å². The van der Waals surface area contributed by atoms with E-state index in [1.807, 2.05) is 11.8 Å². The van der Waals surface area contributed by atoms with Crippen LogP contribution < -0.4 is 0 Å². The summed E-state index contributed by atoms with van der Waals surface area (Å²) in [5.41, 5.74) is 1.40. The third-order valence-corrected chi connectivity index (χ3v) is 5.63. The zero-order chi connectivity index (χ0) is 16.2. The van der Waals surface area contributed by atoms with Crippen molar-refractivity contribution in [2.75, 3.05) is 26.3 Å². The van der Waals surface area contributed by atoms with Gasteiger partial charge in [0.05, 0.1) is 13.2 Å². The molecular weight excluding hydrogens is 314 g/mol. The Morgan fingerprint density at radius 1 is 0.792 bits per heavy atom. The maximum atomic E-state index is 5.46. The summed E-state index contributed by atoms with van der Waals surface area (Å²) >= 11 is 1.87. The number of hydrogen-bond acceptors (Lipinski definition) is 3. The summed E-state index contributed by atoms with van der Waals surface area (Å²) < 4.78 is 5.46. The van der Waals surface area contributed by atoms with E-state index >= 15 is 0 Å². The molecule has 1 aliphatic heterocycles. The van der Waals surface area contributed by atoms with Gasteiger partial charge >= 0.3 is 0 Å². The van der Waals surface area contributed by atoms with Crippen molar-refractivity contribution in [2.45, 2.75) is 16.3 Å². The number of fused-ring (bicyclic) bond motifs is 1. The molecule has 0 aromatic heterocycles. The normalized spacial score (nSPS) is 15.7. The molecule has 0 bridgehead atoms. The second kappa shape index (κ2) is 7.39. The molecule has 1 fully saturated rings. The summed E-state index contributed by atoms with van der Waals surface area (Å²) in [5.74, 6) is 0. The van der Waals surface area contributed by atoms with E-state index in [0.29, 0.717) is 0 Å². The summed E-state index contributed by atoms with van der Waals surface area (Å²) in [6.45, 7) is 4.73. The van der Waals surface area contributed by atoms with Crippen LogP contribution in [0.15, 0.2) is 76.5 Å². The number of hydrogen-bond donors (Lipinski definition) is 0. The van der Waals surface area contributed by atoms with Crippen molar-refractivity contribution in [1.82, 2.24) is 4.90 Å². The van der Waals surface area contributed by atoms with E-state index in [2.05, 4.69) is 71.6 Å². The van der Waals surface area contributed by atoms with Gasteiger partial charge in [0.2, 0.25) is 0 Å². The number of morpholine rings is 1. The van der Waals surface area contributed by atoms with Crippen LogP contribution in [0.2, 0.25) is 0 Å². The van der Waals surface area contributed by atoms with Crippen molar-refractivity contribution in [1.29, 1.82) is 0 Å². The van der Waals surface area contributed by atoms with Crippen molar-refractivity contribution in [3.63, 3.8) is 0 Å². The van der Waals surface area contributed by atoms with Gasteiger partial charge in [-0.25, -0.2) is 0 Å². The summed E-state index contributed by atoms with van der Waals surface area (Å²) in [6.07, 6.45) is 0. The van der Waals surface area contributed by atoms with E-state index < -0.39 is 0 Å². The molecule has 3 aromatic rings. The fourth-order valence-electron chi connectivity index (χ4n) is 3.14. The molecule has 2 nitrogen and oxygen atoms in total. The number of rotatable bonds is 4. The molecule has 0 N–H and O–H groups in total. The topological polar surface area (TPSA) is 12.5 Å². The van der Waals surface area contributed by atoms with Gasteiger partial charge in [0.15, 0.2) is 0 Å². The molecule has 4 rings (SSSR count). The zero-order valence-electron chi connectivity index (χ0n) is 13.7. The highest BCUT2D eigenvalue weighted by Gasteiger charge is 2.13. The molecule has 1 heterocycles. The zero-order valence-corrected chi connectivity index (χ0v) is 14.5. The number of benzene rings is 3. The lowest BCUT2D eigenvalue weighted by Gasteiger charge is -2.27. The molecule has 0 spiro atoms. The Balaban J connectivity index is 1.62. The monoisotopic (exact) mass is 335 g/mol. The average molecular weight is 335 g/mol. The fourth-order valence-corrected chi connectivity index (χ4v) is 4.23. The summed E-state index contributed by atoms with van der Waals surface area (Å²) in [6, 6.07) is 23.9. The van der Waals surface area contributed by atoms with Gasteiger partial charge in [0.25, 0.3) is 0 Å². The lowest BCUT2D eigenvalue weighted by molar-refractivity contribution is 0.0338. The molecule has 3 aromatic carbocycles. The minimum Gasteiger partial charge on any atom is -0.379 e. The number of nitrogens with zero attached hydrogens (tertiary/aromatic N) is 1. The maximum Gasteiger partial charge on any atom is 0.0594 e. The van der Waals surface area contributed by atoms with Crippen LogP contribution in [0.5, 0.6) is 0 Å². The summed E-state index contributed by atoms with van der Waals surface area (Å²) in [4.78, 5) is 5.15. The molecule has 0 amide bonds. The lowest BCUT2D eigenvalue weighted by Crippen LogP contribution is -2.35. The Bertz CT molecular complexity index is 821. The quantitative estimate of drug-likeness (QED) is 0.678. The SMILES string of the molecule is c1ccc(Sc2cccc3ccccc23)c(CN2CCOCC2)c1. The van der Waals surface area contributed by atoms with Gasteiger partial charge in [-0.15, -0.1) is 0 Å². The molecule has 0 aliphatic carbocycles. The first-order chi connectivity index (χ1) is 11.9. The van der Waals surface area contributed by atoms with Crippen LogP contribution in [-0.2, 0) is 11.3 Å². The van der Waals surface area contributed by atoms with Crippen LogP contribution in [0.25, 0.3) is 10.8 Å². The third-order valence-electron chi connectivity index (χ3n) is 4.44. The second-order valence-electron chi connectivity index (χ2n) is 6.08. The second-order valence-corrected chi connectivity index (χ2v) is 7.16. The highest BCUT2D eigenvalue weighted by Crippen LogP contribution is 2.35. The van der Waals surface area contributed by atoms with Crippen molar-refractivity contribution in [2.24, 2.45) is 0 Å². The first kappa shape index (κ1) is 15.7. The largest absolute Gasteiger partial charge is 0.379 e. The summed E-state index contributed by atoms with van der Waals surface area (Å²) in [5, 5.41) is 2.62. The Morgan fingerprint density at radius 3 is 2.42 bits per heavy atom. The average Bonchev–Trinajstić information content (AvgIpc) is 2.64.